The molecule has 0 aliphatic carbocycles. The van der Waals surface area contributed by atoms with E-state index < -0.39 is 0 Å². The van der Waals surface area contributed by atoms with Crippen LogP contribution >= 0.6 is 0 Å². The zero-order chi connectivity index (χ0) is 38.2. The Morgan fingerprint density at radius 2 is 0.566 bits per heavy atom. The highest BCUT2D eigenvalue weighted by Crippen LogP contribution is 2.42. The molecule has 0 heterocycles. The summed E-state index contributed by atoms with van der Waals surface area (Å²) >= 11 is 0. The van der Waals surface area contributed by atoms with Gasteiger partial charge in [0.25, 0.3) is 0 Å². The van der Waals surface area contributed by atoms with E-state index in [0.717, 1.165) is 90.5 Å². The average Bonchev–Trinajstić information content (AvgIpc) is 3.09. The molecule has 6 aromatic rings. The van der Waals surface area contributed by atoms with E-state index >= 15 is 0 Å². The van der Waals surface area contributed by atoms with Crippen molar-refractivity contribution in [1.82, 2.24) is 0 Å². The molecule has 0 spiro atoms. The fraction of sp³-hybridized carbons (Fsp3) is 0.234. The van der Waals surface area contributed by atoms with Gasteiger partial charge >= 0.3 is 0 Å². The first-order valence-electron chi connectivity index (χ1n) is 18.0. The summed E-state index contributed by atoms with van der Waals surface area (Å²) in [6.45, 7) is 21.2. The molecule has 0 unspecified atom stereocenters. The van der Waals surface area contributed by atoms with Crippen molar-refractivity contribution in [2.24, 2.45) is 0 Å². The van der Waals surface area contributed by atoms with Gasteiger partial charge in [0.1, 0.15) is 46.0 Å². The molecule has 0 aliphatic rings. The van der Waals surface area contributed by atoms with Gasteiger partial charge < -0.3 is 30.4 Å². The lowest BCUT2D eigenvalue weighted by molar-refractivity contribution is 0.458. The molecule has 272 valence electrons. The van der Waals surface area contributed by atoms with Crippen molar-refractivity contribution >= 4 is 11.4 Å². The molecule has 0 saturated heterocycles. The van der Waals surface area contributed by atoms with Crippen molar-refractivity contribution in [3.8, 4) is 46.0 Å². The molecule has 0 aliphatic heterocycles. The summed E-state index contributed by atoms with van der Waals surface area (Å²) in [7, 11) is 0. The first-order chi connectivity index (χ1) is 25.1. The van der Waals surface area contributed by atoms with Crippen LogP contribution in [0, 0.1) is 55.4 Å². The average molecular weight is 707 g/mol. The van der Waals surface area contributed by atoms with Crippen LogP contribution in [0.5, 0.6) is 46.0 Å². The summed E-state index contributed by atoms with van der Waals surface area (Å²) in [6, 6.07) is 31.9. The molecule has 0 aromatic heterocycles. The zero-order valence-electron chi connectivity index (χ0n) is 32.5. The number of rotatable bonds is 10. The van der Waals surface area contributed by atoms with Crippen molar-refractivity contribution in [3.63, 3.8) is 0 Å². The van der Waals surface area contributed by atoms with E-state index in [1.54, 1.807) is 0 Å². The second kappa shape index (κ2) is 14.6. The number of ether oxygens (including phenoxy) is 4. The predicted molar refractivity (Wildman–Crippen MR) is 218 cm³/mol. The Hall–Kier alpha value is -5.88. The van der Waals surface area contributed by atoms with Gasteiger partial charge in [-0.25, -0.2) is 0 Å². The van der Waals surface area contributed by atoms with Crippen LogP contribution in [0.3, 0.4) is 0 Å². The molecule has 0 saturated carbocycles. The smallest absolute Gasteiger partial charge is 0.133 e. The van der Waals surface area contributed by atoms with Crippen molar-refractivity contribution in [3.05, 3.63) is 153 Å². The topological polar surface area (TPSA) is 89.0 Å². The third kappa shape index (κ3) is 7.97. The summed E-state index contributed by atoms with van der Waals surface area (Å²) in [5.74, 6) is 6.40. The number of benzene rings is 6. The summed E-state index contributed by atoms with van der Waals surface area (Å²) in [5, 5.41) is 0. The summed E-state index contributed by atoms with van der Waals surface area (Å²) in [4.78, 5) is 0. The summed E-state index contributed by atoms with van der Waals surface area (Å²) < 4.78 is 25.5. The van der Waals surface area contributed by atoms with Crippen LogP contribution in [-0.2, 0) is 5.41 Å². The van der Waals surface area contributed by atoms with E-state index in [4.69, 9.17) is 30.4 Å². The first-order valence-corrected chi connectivity index (χ1v) is 18.0. The predicted octanol–water partition coefficient (Wildman–Crippen LogP) is 12.8. The van der Waals surface area contributed by atoms with Crippen LogP contribution in [-0.4, -0.2) is 0 Å². The van der Waals surface area contributed by atoms with Crippen LogP contribution in [0.1, 0.15) is 69.5 Å². The Balaban J connectivity index is 1.21. The van der Waals surface area contributed by atoms with Crippen LogP contribution in [0.15, 0.2) is 97.1 Å². The van der Waals surface area contributed by atoms with Crippen molar-refractivity contribution in [2.45, 2.75) is 74.7 Å². The molecule has 4 N–H and O–H groups in total. The minimum Gasteiger partial charge on any atom is -0.457 e. The van der Waals surface area contributed by atoms with Crippen molar-refractivity contribution in [2.75, 3.05) is 11.5 Å². The minimum atomic E-state index is -0.273. The first kappa shape index (κ1) is 36.9. The molecule has 0 bridgehead atoms. The number of nitrogen functional groups attached to an aromatic ring is 2. The van der Waals surface area contributed by atoms with E-state index in [9.17, 15) is 0 Å². The second-order valence-corrected chi connectivity index (χ2v) is 14.8. The normalized spacial score (nSPS) is 11.4. The van der Waals surface area contributed by atoms with Gasteiger partial charge in [-0.1, -0.05) is 38.1 Å². The number of hydrogen-bond donors (Lipinski definition) is 2. The van der Waals surface area contributed by atoms with Gasteiger partial charge in [0.15, 0.2) is 0 Å². The molecule has 0 radical (unpaired) electrons. The van der Waals surface area contributed by atoms with Gasteiger partial charge in [-0.2, -0.15) is 0 Å². The Kier molecular flexibility index (Phi) is 10.2. The standard InChI is InChI=1S/C47H50N2O4/c1-27-19-35(20-28(2)43(27)52-41-23-31(5)45(32(6)24-41)50-39-15-11-37(48)12-16-39)47(9,10)36-21-29(3)44(30(4)22-36)53-42-25-33(7)46(34(8)26-42)51-40-17-13-38(49)14-18-40/h11-26H,48-49H2,1-10H3. The van der Waals surface area contributed by atoms with Crippen LogP contribution in [0.25, 0.3) is 0 Å². The van der Waals surface area contributed by atoms with E-state index in [0.29, 0.717) is 11.4 Å². The third-order valence-corrected chi connectivity index (χ3v) is 9.87. The molecular formula is C47H50N2O4. The van der Waals surface area contributed by atoms with Crippen molar-refractivity contribution < 1.29 is 18.9 Å². The largest absolute Gasteiger partial charge is 0.457 e. The Morgan fingerprint density at radius 3 is 0.830 bits per heavy atom. The minimum absolute atomic E-state index is 0.273. The molecule has 6 heteroatoms. The zero-order valence-corrected chi connectivity index (χ0v) is 32.5. The Morgan fingerprint density at radius 1 is 0.340 bits per heavy atom. The number of nitrogens with two attached hydrogens (primary N) is 2. The number of anilines is 2. The van der Waals surface area contributed by atoms with Crippen LogP contribution in [0.4, 0.5) is 11.4 Å². The second-order valence-electron chi connectivity index (χ2n) is 14.8. The maximum absolute atomic E-state index is 6.56. The summed E-state index contributed by atoms with van der Waals surface area (Å²) in [6.07, 6.45) is 0. The lowest BCUT2D eigenvalue weighted by atomic mass is 9.76. The molecule has 6 rings (SSSR count). The van der Waals surface area contributed by atoms with Gasteiger partial charge in [0.05, 0.1) is 0 Å². The molecule has 0 atom stereocenters. The van der Waals surface area contributed by atoms with Gasteiger partial charge in [-0.05, 0) is 184 Å². The molecule has 6 aromatic carbocycles. The molecule has 53 heavy (non-hydrogen) atoms. The number of hydrogen-bond acceptors (Lipinski definition) is 6. The highest BCUT2D eigenvalue weighted by atomic mass is 16.5. The lowest BCUT2D eigenvalue weighted by Crippen LogP contribution is -2.20. The van der Waals surface area contributed by atoms with E-state index in [2.05, 4.69) is 65.8 Å². The van der Waals surface area contributed by atoms with E-state index in [-0.39, 0.29) is 5.41 Å². The number of aryl methyl sites for hydroxylation is 8. The van der Waals surface area contributed by atoms with Gasteiger partial charge in [-0.15, -0.1) is 0 Å². The molecular weight excluding hydrogens is 657 g/mol. The van der Waals surface area contributed by atoms with Crippen LogP contribution in [0.2, 0.25) is 0 Å². The SMILES string of the molecule is Cc1cc(Oc2c(C)cc(C(C)(C)c3cc(C)c(Oc4cc(C)c(Oc5ccc(N)cc5)c(C)c4)c(C)c3)cc2C)cc(C)c1Oc1ccc(N)cc1. The molecule has 0 fully saturated rings. The molecule has 0 amide bonds. The Labute approximate surface area is 314 Å². The van der Waals surface area contributed by atoms with E-state index in [1.165, 1.54) is 11.1 Å². The maximum atomic E-state index is 6.56. The van der Waals surface area contributed by atoms with Gasteiger partial charge in [-0.3, -0.25) is 0 Å². The highest BCUT2D eigenvalue weighted by molar-refractivity contribution is 5.56. The van der Waals surface area contributed by atoms with Crippen LogP contribution < -0.4 is 30.4 Å². The van der Waals surface area contributed by atoms with Crippen molar-refractivity contribution in [1.29, 1.82) is 0 Å². The Bertz CT molecular complexity index is 2050. The quantitative estimate of drug-likeness (QED) is 0.138. The van der Waals surface area contributed by atoms with E-state index in [1.807, 2.05) is 100 Å². The summed E-state index contributed by atoms with van der Waals surface area (Å²) in [5.41, 5.74) is 23.6. The third-order valence-electron chi connectivity index (χ3n) is 9.87. The monoisotopic (exact) mass is 706 g/mol. The maximum Gasteiger partial charge on any atom is 0.133 e. The molecule has 6 nitrogen and oxygen atoms in total. The van der Waals surface area contributed by atoms with Gasteiger partial charge in [0, 0.05) is 16.8 Å². The van der Waals surface area contributed by atoms with Gasteiger partial charge in [0.2, 0.25) is 0 Å². The lowest BCUT2D eigenvalue weighted by Gasteiger charge is -2.29. The highest BCUT2D eigenvalue weighted by Gasteiger charge is 2.27. The fourth-order valence-electron chi connectivity index (χ4n) is 6.91. The fourth-order valence-corrected chi connectivity index (χ4v) is 6.91.